The first-order chi connectivity index (χ1) is 15.7. The lowest BCUT2D eigenvalue weighted by Gasteiger charge is -2.24. The number of benzene rings is 2. The van der Waals surface area contributed by atoms with Gasteiger partial charge in [-0.1, -0.05) is 47.1 Å². The van der Waals surface area contributed by atoms with Crippen LogP contribution < -0.4 is 4.74 Å². The minimum atomic E-state index is -3.81. The highest BCUT2D eigenvalue weighted by molar-refractivity contribution is 7.89. The first kappa shape index (κ1) is 28.7. The van der Waals surface area contributed by atoms with Crippen molar-refractivity contribution in [1.82, 2.24) is 4.31 Å². The van der Waals surface area contributed by atoms with Crippen molar-refractivity contribution in [3.8, 4) is 17.6 Å². The Morgan fingerprint density at radius 1 is 1.03 bits per heavy atom. The zero-order valence-electron chi connectivity index (χ0n) is 21.3. The number of sulfonamides is 1. The van der Waals surface area contributed by atoms with Crippen LogP contribution in [0.3, 0.4) is 0 Å². The average molecular weight is 473 g/mol. The summed E-state index contributed by atoms with van der Waals surface area (Å²) >= 11 is 0. The lowest BCUT2D eigenvalue weighted by molar-refractivity contribution is 0.376. The Balaban J connectivity index is 0.00000265. The average Bonchev–Trinajstić information content (AvgIpc) is 2.79. The van der Waals surface area contributed by atoms with Crippen LogP contribution in [0.15, 0.2) is 41.3 Å². The molecule has 2 aromatic carbocycles. The summed E-state index contributed by atoms with van der Waals surface area (Å²) in [6, 6.07) is 12.4. The Bertz CT molecular complexity index is 1010. The third kappa shape index (κ3) is 8.49. The van der Waals surface area contributed by atoms with Crippen molar-refractivity contribution in [1.29, 1.82) is 5.26 Å². The van der Waals surface area contributed by atoms with Crippen LogP contribution in [0.2, 0.25) is 0 Å². The van der Waals surface area contributed by atoms with Gasteiger partial charge in [0.1, 0.15) is 16.4 Å². The summed E-state index contributed by atoms with van der Waals surface area (Å²) in [6.07, 6.45) is 3.59. The first-order valence-corrected chi connectivity index (χ1v) is 13.5. The molecule has 0 bridgehead atoms. The summed E-state index contributed by atoms with van der Waals surface area (Å²) in [5, 5.41) is 9.35. The van der Waals surface area contributed by atoms with Crippen molar-refractivity contribution in [2.24, 2.45) is 5.92 Å². The second-order valence-electron chi connectivity index (χ2n) is 8.26. The molecule has 0 aliphatic carbocycles. The predicted octanol–water partition coefficient (Wildman–Crippen LogP) is 7.22. The van der Waals surface area contributed by atoms with Gasteiger partial charge in [0.05, 0.1) is 11.6 Å². The van der Waals surface area contributed by atoms with Gasteiger partial charge < -0.3 is 4.74 Å². The van der Waals surface area contributed by atoms with Gasteiger partial charge in [0.2, 0.25) is 10.0 Å². The SMILES string of the molecule is CC.CCCN(CCCC(C)CC)S(=O)(=O)c1cc(C#N)ccc1Oc1cc(C)cc(C)c1. The molecule has 2 rings (SSSR count). The minimum absolute atomic E-state index is 0.0442. The maximum absolute atomic E-state index is 13.6. The molecule has 0 heterocycles. The van der Waals surface area contributed by atoms with E-state index in [9.17, 15) is 13.7 Å². The van der Waals surface area contributed by atoms with Gasteiger partial charge in [-0.3, -0.25) is 0 Å². The van der Waals surface area contributed by atoms with Crippen LogP contribution >= 0.6 is 0 Å². The molecule has 0 aromatic heterocycles. The number of hydrogen-bond donors (Lipinski definition) is 0. The summed E-state index contributed by atoms with van der Waals surface area (Å²) in [5.41, 5.74) is 2.36. The third-order valence-corrected chi connectivity index (χ3v) is 7.31. The molecule has 0 saturated carbocycles. The molecule has 5 nitrogen and oxygen atoms in total. The molecule has 182 valence electrons. The van der Waals surface area contributed by atoms with Crippen molar-refractivity contribution in [2.75, 3.05) is 13.1 Å². The largest absolute Gasteiger partial charge is 0.456 e. The molecule has 6 heteroatoms. The van der Waals surface area contributed by atoms with Crippen LogP contribution in [0.4, 0.5) is 0 Å². The number of nitrogens with zero attached hydrogens (tertiary/aromatic N) is 2. The van der Waals surface area contributed by atoms with E-state index in [1.807, 2.05) is 58.9 Å². The van der Waals surface area contributed by atoms with Crippen LogP contribution in [-0.2, 0) is 10.0 Å². The fraction of sp³-hybridized carbons (Fsp3) is 0.519. The smallest absolute Gasteiger partial charge is 0.246 e. The van der Waals surface area contributed by atoms with Crippen LogP contribution in [0.5, 0.6) is 11.5 Å². The highest BCUT2D eigenvalue weighted by atomic mass is 32.2. The van der Waals surface area contributed by atoms with E-state index in [-0.39, 0.29) is 10.6 Å². The first-order valence-electron chi connectivity index (χ1n) is 12.0. The minimum Gasteiger partial charge on any atom is -0.456 e. The zero-order chi connectivity index (χ0) is 25.0. The number of rotatable bonds is 11. The summed E-state index contributed by atoms with van der Waals surface area (Å²) < 4.78 is 34.8. The van der Waals surface area contributed by atoms with Crippen molar-refractivity contribution in [2.45, 2.75) is 79.0 Å². The highest BCUT2D eigenvalue weighted by Gasteiger charge is 2.28. The molecule has 0 aliphatic heterocycles. The molecule has 0 spiro atoms. The summed E-state index contributed by atoms with van der Waals surface area (Å²) in [7, 11) is -3.81. The van der Waals surface area contributed by atoms with Gasteiger partial charge in [0.15, 0.2) is 0 Å². The Morgan fingerprint density at radius 2 is 1.67 bits per heavy atom. The van der Waals surface area contributed by atoms with E-state index in [0.29, 0.717) is 36.7 Å². The monoisotopic (exact) mass is 472 g/mol. The predicted molar refractivity (Wildman–Crippen MR) is 136 cm³/mol. The Kier molecular flexibility index (Phi) is 12.2. The second-order valence-corrected chi connectivity index (χ2v) is 10.2. The van der Waals surface area contributed by atoms with Gasteiger partial charge in [-0.2, -0.15) is 9.57 Å². The Morgan fingerprint density at radius 3 is 2.21 bits per heavy atom. The topological polar surface area (TPSA) is 70.4 Å². The van der Waals surface area contributed by atoms with Crippen LogP contribution in [0.1, 0.15) is 77.0 Å². The molecule has 2 aromatic rings. The molecule has 0 fully saturated rings. The number of ether oxygens (including phenoxy) is 1. The van der Waals surface area contributed by atoms with E-state index in [1.165, 1.54) is 10.4 Å². The molecule has 0 N–H and O–H groups in total. The van der Waals surface area contributed by atoms with Gasteiger partial charge >= 0.3 is 0 Å². The fourth-order valence-corrected chi connectivity index (χ4v) is 5.25. The van der Waals surface area contributed by atoms with Crippen LogP contribution in [0, 0.1) is 31.1 Å². The van der Waals surface area contributed by atoms with Gasteiger partial charge in [-0.15, -0.1) is 0 Å². The molecule has 1 atom stereocenters. The van der Waals surface area contributed by atoms with Crippen molar-refractivity contribution >= 4 is 10.0 Å². The van der Waals surface area contributed by atoms with Crippen LogP contribution in [0.25, 0.3) is 0 Å². The second kappa shape index (κ2) is 14.0. The normalized spacial score (nSPS) is 12.0. The zero-order valence-corrected chi connectivity index (χ0v) is 22.1. The van der Waals surface area contributed by atoms with E-state index >= 15 is 0 Å². The number of aryl methyl sites for hydroxylation is 2. The number of nitriles is 1. The number of hydrogen-bond acceptors (Lipinski definition) is 4. The van der Waals surface area contributed by atoms with Crippen LogP contribution in [-0.4, -0.2) is 25.8 Å². The lowest BCUT2D eigenvalue weighted by Crippen LogP contribution is -2.33. The quantitative estimate of drug-likeness (QED) is 0.346. The molecule has 0 amide bonds. The Labute approximate surface area is 201 Å². The van der Waals surface area contributed by atoms with E-state index in [4.69, 9.17) is 4.74 Å². The summed E-state index contributed by atoms with van der Waals surface area (Å²) in [4.78, 5) is 0.0442. The van der Waals surface area contributed by atoms with Gasteiger partial charge in [0, 0.05) is 13.1 Å². The third-order valence-electron chi connectivity index (χ3n) is 5.39. The highest BCUT2D eigenvalue weighted by Crippen LogP contribution is 2.33. The van der Waals surface area contributed by atoms with Gasteiger partial charge in [-0.25, -0.2) is 8.42 Å². The Hall–Kier alpha value is -2.36. The molecule has 0 radical (unpaired) electrons. The maximum Gasteiger partial charge on any atom is 0.246 e. The van der Waals surface area contributed by atoms with E-state index in [0.717, 1.165) is 30.4 Å². The standard InChI is InChI=1S/C25H34N2O3S.C2H6/c1-6-12-27(13-8-9-19(3)7-2)31(28,29)25-17-22(18-26)10-11-24(25)30-23-15-20(4)14-21(5)16-23;1-2/h10-11,14-17,19H,6-9,12-13H2,1-5H3;1-2H3. The molecule has 33 heavy (non-hydrogen) atoms. The van der Waals surface area contributed by atoms with E-state index < -0.39 is 10.0 Å². The molecule has 1 unspecified atom stereocenters. The van der Waals surface area contributed by atoms with E-state index in [1.54, 1.807) is 12.1 Å². The van der Waals surface area contributed by atoms with Crippen molar-refractivity contribution < 1.29 is 13.2 Å². The molecular weight excluding hydrogens is 432 g/mol. The summed E-state index contributed by atoms with van der Waals surface area (Å²) in [6.45, 7) is 15.1. The summed E-state index contributed by atoms with van der Waals surface area (Å²) in [5.74, 6) is 1.39. The molecule has 0 aliphatic rings. The maximum atomic E-state index is 13.6. The fourth-order valence-electron chi connectivity index (χ4n) is 3.54. The van der Waals surface area contributed by atoms with Crippen molar-refractivity contribution in [3.63, 3.8) is 0 Å². The van der Waals surface area contributed by atoms with E-state index in [2.05, 4.69) is 13.8 Å². The molecule has 0 saturated heterocycles. The van der Waals surface area contributed by atoms with Gasteiger partial charge in [0.25, 0.3) is 0 Å². The lowest BCUT2D eigenvalue weighted by atomic mass is 10.0. The molecular formula is C27H40N2O3S. The van der Waals surface area contributed by atoms with Gasteiger partial charge in [-0.05, 0) is 80.5 Å². The van der Waals surface area contributed by atoms with Crippen molar-refractivity contribution in [3.05, 3.63) is 53.1 Å².